The molecule has 0 aromatic heterocycles. The highest BCUT2D eigenvalue weighted by molar-refractivity contribution is 5.95. The lowest BCUT2D eigenvalue weighted by Gasteiger charge is -2.15. The van der Waals surface area contributed by atoms with E-state index in [0.717, 1.165) is 37.2 Å². The summed E-state index contributed by atoms with van der Waals surface area (Å²) >= 11 is 0. The molecule has 0 spiro atoms. The number of carbonyl (C=O) groups excluding carboxylic acids is 1. The number of anilines is 1. The predicted molar refractivity (Wildman–Crippen MR) is 83.3 cm³/mol. The zero-order valence-corrected chi connectivity index (χ0v) is 12.3. The normalized spacial score (nSPS) is 14.6. The maximum absolute atomic E-state index is 12.1. The monoisotopic (exact) mass is 273 g/mol. The molecule has 0 atom stereocenters. The molecule has 1 aliphatic heterocycles. The van der Waals surface area contributed by atoms with Gasteiger partial charge in [-0.3, -0.25) is 4.79 Å². The van der Waals surface area contributed by atoms with Gasteiger partial charge in [-0.05, 0) is 37.6 Å². The average Bonchev–Trinajstić information content (AvgIpc) is 2.48. The first-order chi connectivity index (χ1) is 9.66. The summed E-state index contributed by atoms with van der Waals surface area (Å²) in [5.74, 6) is 0.00299. The molecule has 2 N–H and O–H groups in total. The van der Waals surface area contributed by atoms with Crippen LogP contribution in [0.15, 0.2) is 35.9 Å². The van der Waals surface area contributed by atoms with Crippen molar-refractivity contribution in [3.8, 4) is 0 Å². The zero-order chi connectivity index (χ0) is 14.4. The summed E-state index contributed by atoms with van der Waals surface area (Å²) in [4.78, 5) is 14.1. The molecular weight excluding hydrogens is 250 g/mol. The highest BCUT2D eigenvalue weighted by atomic mass is 16.1. The van der Waals surface area contributed by atoms with Gasteiger partial charge in [0.2, 0.25) is 0 Å². The quantitative estimate of drug-likeness (QED) is 0.804. The molecule has 1 aromatic carbocycles. The molecule has 0 fully saturated rings. The molecule has 0 unspecified atom stereocenters. The molecule has 1 heterocycles. The van der Waals surface area contributed by atoms with Gasteiger partial charge >= 0.3 is 0 Å². The molecule has 108 valence electrons. The van der Waals surface area contributed by atoms with Crippen molar-refractivity contribution in [3.05, 3.63) is 41.5 Å². The third-order valence-corrected chi connectivity index (χ3v) is 3.51. The predicted octanol–water partition coefficient (Wildman–Crippen LogP) is 1.79. The van der Waals surface area contributed by atoms with E-state index in [9.17, 15) is 4.79 Å². The van der Waals surface area contributed by atoms with Gasteiger partial charge in [-0.2, -0.15) is 0 Å². The molecule has 4 nitrogen and oxygen atoms in total. The minimum absolute atomic E-state index is 0.00299. The Labute approximate surface area is 120 Å². The van der Waals surface area contributed by atoms with Crippen LogP contribution in [-0.2, 0) is 0 Å². The van der Waals surface area contributed by atoms with E-state index in [0.29, 0.717) is 6.54 Å². The van der Waals surface area contributed by atoms with E-state index >= 15 is 0 Å². The Bertz CT molecular complexity index is 494. The third-order valence-electron chi connectivity index (χ3n) is 3.51. The number of rotatable bonds is 5. The van der Waals surface area contributed by atoms with E-state index in [1.54, 1.807) is 0 Å². The first kappa shape index (κ1) is 14.6. The maximum atomic E-state index is 12.1. The summed E-state index contributed by atoms with van der Waals surface area (Å²) in [6, 6.07) is 7.68. The van der Waals surface area contributed by atoms with Gasteiger partial charge in [0.1, 0.15) is 0 Å². The van der Waals surface area contributed by atoms with Crippen LogP contribution in [0.5, 0.6) is 0 Å². The highest BCUT2D eigenvalue weighted by Crippen LogP contribution is 2.13. The largest absolute Gasteiger partial charge is 0.378 e. The number of amides is 1. The van der Waals surface area contributed by atoms with E-state index < -0.39 is 0 Å². The molecule has 0 saturated carbocycles. The highest BCUT2D eigenvalue weighted by Gasteiger charge is 2.08. The summed E-state index contributed by atoms with van der Waals surface area (Å²) in [6.45, 7) is 2.70. The first-order valence-electron chi connectivity index (χ1n) is 7.11. The van der Waals surface area contributed by atoms with Crippen LogP contribution < -0.4 is 15.5 Å². The number of nitrogens with one attached hydrogen (secondary N) is 2. The van der Waals surface area contributed by atoms with Gasteiger partial charge in [0.05, 0.1) is 0 Å². The maximum Gasteiger partial charge on any atom is 0.251 e. The molecule has 20 heavy (non-hydrogen) atoms. The standard InChI is InChI=1S/C16H23N3O/c1-19(2)15-5-3-4-14(12-15)16(20)18-11-8-13-6-9-17-10-7-13/h3-6,12,17H,7-11H2,1-2H3,(H,18,20). The van der Waals surface area contributed by atoms with Crippen LogP contribution in [0.3, 0.4) is 0 Å². The molecule has 0 bridgehead atoms. The number of benzene rings is 1. The molecule has 0 radical (unpaired) electrons. The Hall–Kier alpha value is -1.81. The van der Waals surface area contributed by atoms with Crippen LogP contribution in [0, 0.1) is 0 Å². The van der Waals surface area contributed by atoms with Crippen molar-refractivity contribution in [2.75, 3.05) is 38.6 Å². The van der Waals surface area contributed by atoms with Gasteiger partial charge in [0.25, 0.3) is 5.91 Å². The minimum Gasteiger partial charge on any atom is -0.378 e. The number of nitrogens with zero attached hydrogens (tertiary/aromatic N) is 1. The van der Waals surface area contributed by atoms with Crippen molar-refractivity contribution < 1.29 is 4.79 Å². The molecule has 2 rings (SSSR count). The van der Waals surface area contributed by atoms with Crippen LogP contribution >= 0.6 is 0 Å². The smallest absolute Gasteiger partial charge is 0.251 e. The zero-order valence-electron chi connectivity index (χ0n) is 12.3. The summed E-state index contributed by atoms with van der Waals surface area (Å²) in [5.41, 5.74) is 3.19. The van der Waals surface area contributed by atoms with Gasteiger partial charge in [-0.15, -0.1) is 0 Å². The van der Waals surface area contributed by atoms with E-state index in [4.69, 9.17) is 0 Å². The molecule has 4 heteroatoms. The minimum atomic E-state index is 0.00299. The molecular formula is C16H23N3O. The lowest BCUT2D eigenvalue weighted by Crippen LogP contribution is -2.26. The van der Waals surface area contributed by atoms with Crippen molar-refractivity contribution in [2.24, 2.45) is 0 Å². The van der Waals surface area contributed by atoms with Gasteiger partial charge < -0.3 is 15.5 Å². The molecule has 1 aromatic rings. The van der Waals surface area contributed by atoms with Gasteiger partial charge in [-0.1, -0.05) is 17.7 Å². The van der Waals surface area contributed by atoms with Gasteiger partial charge in [0, 0.05) is 38.4 Å². The lowest BCUT2D eigenvalue weighted by atomic mass is 10.1. The second-order valence-electron chi connectivity index (χ2n) is 5.27. The Morgan fingerprint density at radius 2 is 2.25 bits per heavy atom. The second-order valence-corrected chi connectivity index (χ2v) is 5.27. The van der Waals surface area contributed by atoms with Gasteiger partial charge in [-0.25, -0.2) is 0 Å². The van der Waals surface area contributed by atoms with Crippen LogP contribution in [0.25, 0.3) is 0 Å². The Kier molecular flexibility index (Phi) is 5.18. The fourth-order valence-electron chi connectivity index (χ4n) is 2.26. The van der Waals surface area contributed by atoms with Crippen LogP contribution in [0.1, 0.15) is 23.2 Å². The van der Waals surface area contributed by atoms with Crippen LogP contribution in [-0.4, -0.2) is 39.6 Å². The topological polar surface area (TPSA) is 44.4 Å². The van der Waals surface area contributed by atoms with E-state index in [-0.39, 0.29) is 5.91 Å². The van der Waals surface area contributed by atoms with Crippen LogP contribution in [0.2, 0.25) is 0 Å². The van der Waals surface area contributed by atoms with E-state index in [1.807, 2.05) is 43.3 Å². The van der Waals surface area contributed by atoms with Crippen molar-refractivity contribution in [2.45, 2.75) is 12.8 Å². The average molecular weight is 273 g/mol. The fourth-order valence-corrected chi connectivity index (χ4v) is 2.26. The SMILES string of the molecule is CN(C)c1cccc(C(=O)NCCC2=CCNCC2)c1. The molecule has 1 amide bonds. The van der Waals surface area contributed by atoms with E-state index in [2.05, 4.69) is 16.7 Å². The fraction of sp³-hybridized carbons (Fsp3) is 0.438. The second kappa shape index (κ2) is 7.10. The van der Waals surface area contributed by atoms with Crippen molar-refractivity contribution >= 4 is 11.6 Å². The summed E-state index contributed by atoms with van der Waals surface area (Å²) in [5, 5.41) is 6.28. The van der Waals surface area contributed by atoms with E-state index in [1.165, 1.54) is 5.57 Å². The lowest BCUT2D eigenvalue weighted by molar-refractivity contribution is 0.0954. The Morgan fingerprint density at radius 3 is 2.95 bits per heavy atom. The number of hydrogen-bond donors (Lipinski definition) is 2. The summed E-state index contributed by atoms with van der Waals surface area (Å²) < 4.78 is 0. The van der Waals surface area contributed by atoms with Crippen molar-refractivity contribution in [1.29, 1.82) is 0 Å². The molecule has 1 aliphatic rings. The molecule has 0 aliphatic carbocycles. The molecule has 0 saturated heterocycles. The number of hydrogen-bond acceptors (Lipinski definition) is 3. The van der Waals surface area contributed by atoms with Crippen LogP contribution in [0.4, 0.5) is 5.69 Å². The Balaban J connectivity index is 1.85. The number of carbonyl (C=O) groups is 1. The summed E-state index contributed by atoms with van der Waals surface area (Å²) in [7, 11) is 3.95. The van der Waals surface area contributed by atoms with Gasteiger partial charge in [0.15, 0.2) is 0 Å². The third kappa shape index (κ3) is 4.10. The van der Waals surface area contributed by atoms with Crippen molar-refractivity contribution in [1.82, 2.24) is 10.6 Å². The first-order valence-corrected chi connectivity index (χ1v) is 7.11. The Morgan fingerprint density at radius 1 is 1.40 bits per heavy atom. The van der Waals surface area contributed by atoms with Crippen molar-refractivity contribution in [3.63, 3.8) is 0 Å². The summed E-state index contributed by atoms with van der Waals surface area (Å²) in [6.07, 6.45) is 4.26.